The maximum Gasteiger partial charge on any atom is 0.349 e. The molecule has 0 atom stereocenters. The molecule has 1 aromatic carbocycles. The Balaban J connectivity index is 2.35. The number of nitriles is 1. The smallest absolute Gasteiger partial charge is 0.295 e. The molecule has 0 radical (unpaired) electrons. The number of hydrogen-bond acceptors (Lipinski definition) is 5. The number of aromatic amines is 1. The number of hydrogen-bond donors (Lipinski definition) is 1. The topological polar surface area (TPSA) is 118 Å². The molecule has 2 aromatic heterocycles. The Hall–Kier alpha value is -3.41. The van der Waals surface area contributed by atoms with Crippen LogP contribution in [-0.2, 0) is 14.1 Å². The van der Waals surface area contributed by atoms with Gasteiger partial charge in [-0.15, -0.1) is 5.10 Å². The van der Waals surface area contributed by atoms with Crippen LogP contribution in [0.15, 0.2) is 32.6 Å². The highest BCUT2D eigenvalue weighted by Crippen LogP contribution is 2.15. The number of rotatable bonds is 1. The van der Waals surface area contributed by atoms with E-state index in [4.69, 9.17) is 5.26 Å². The standard InChI is InChI=1S/C13H10N6O3/c1-17-9-4-3-7(5-10(9)18(2)13(17)22)19-12(21)15-11(20)8(6-14)16-19/h3-5H,1-2H3,(H,15,20,21). The minimum atomic E-state index is -0.836. The molecule has 0 unspecified atom stereocenters. The molecule has 0 fully saturated rings. The minimum absolute atomic E-state index is 0.202. The number of nitrogens with zero attached hydrogens (tertiary/aromatic N) is 5. The fourth-order valence-electron chi connectivity index (χ4n) is 2.28. The first-order chi connectivity index (χ1) is 10.4. The zero-order valence-corrected chi connectivity index (χ0v) is 11.7. The normalized spacial score (nSPS) is 10.8. The number of aromatic nitrogens is 5. The molecule has 0 saturated heterocycles. The Bertz CT molecular complexity index is 1120. The average molecular weight is 298 g/mol. The van der Waals surface area contributed by atoms with Gasteiger partial charge in [0, 0.05) is 14.1 Å². The summed E-state index contributed by atoms with van der Waals surface area (Å²) in [5, 5.41) is 12.6. The van der Waals surface area contributed by atoms with Crippen LogP contribution in [0.2, 0.25) is 0 Å². The Morgan fingerprint density at radius 1 is 1.14 bits per heavy atom. The highest BCUT2D eigenvalue weighted by Gasteiger charge is 2.12. The van der Waals surface area contributed by atoms with Gasteiger partial charge >= 0.3 is 11.4 Å². The second-order valence-electron chi connectivity index (χ2n) is 4.71. The first-order valence-electron chi connectivity index (χ1n) is 6.23. The first kappa shape index (κ1) is 13.6. The Kier molecular flexibility index (Phi) is 2.81. The molecule has 0 spiro atoms. The molecular weight excluding hydrogens is 288 g/mol. The molecule has 3 rings (SSSR count). The number of fused-ring (bicyclic) bond motifs is 1. The van der Waals surface area contributed by atoms with Gasteiger partial charge in [-0.05, 0) is 18.2 Å². The predicted molar refractivity (Wildman–Crippen MR) is 76.9 cm³/mol. The van der Waals surface area contributed by atoms with Crippen molar-refractivity contribution < 1.29 is 0 Å². The predicted octanol–water partition coefficient (Wildman–Crippen LogP) is -1.02. The molecule has 0 aliphatic carbocycles. The van der Waals surface area contributed by atoms with E-state index in [0.717, 1.165) is 4.68 Å². The van der Waals surface area contributed by atoms with Crippen LogP contribution in [-0.4, -0.2) is 23.9 Å². The van der Waals surface area contributed by atoms with Gasteiger partial charge in [0.15, 0.2) is 0 Å². The summed E-state index contributed by atoms with van der Waals surface area (Å²) in [5.74, 6) is 0. The largest absolute Gasteiger partial charge is 0.349 e. The van der Waals surface area contributed by atoms with Crippen molar-refractivity contribution >= 4 is 11.0 Å². The summed E-state index contributed by atoms with van der Waals surface area (Å²) < 4.78 is 3.82. The van der Waals surface area contributed by atoms with Gasteiger partial charge in [-0.1, -0.05) is 0 Å². The molecule has 22 heavy (non-hydrogen) atoms. The Morgan fingerprint density at radius 3 is 2.50 bits per heavy atom. The Morgan fingerprint density at radius 2 is 1.82 bits per heavy atom. The third-order valence-corrected chi connectivity index (χ3v) is 3.43. The van der Waals surface area contributed by atoms with Crippen molar-refractivity contribution in [2.75, 3.05) is 0 Å². The van der Waals surface area contributed by atoms with E-state index in [2.05, 4.69) is 5.10 Å². The van der Waals surface area contributed by atoms with Crippen molar-refractivity contribution in [1.82, 2.24) is 23.9 Å². The lowest BCUT2D eigenvalue weighted by atomic mass is 10.2. The fourth-order valence-corrected chi connectivity index (χ4v) is 2.28. The van der Waals surface area contributed by atoms with Crippen molar-refractivity contribution in [2.24, 2.45) is 14.1 Å². The van der Waals surface area contributed by atoms with Crippen molar-refractivity contribution in [2.45, 2.75) is 0 Å². The van der Waals surface area contributed by atoms with Crippen molar-refractivity contribution in [3.05, 3.63) is 55.2 Å². The van der Waals surface area contributed by atoms with Gasteiger partial charge in [-0.3, -0.25) is 18.9 Å². The third kappa shape index (κ3) is 1.78. The number of H-pyrrole nitrogens is 1. The van der Waals surface area contributed by atoms with Gasteiger partial charge < -0.3 is 0 Å². The number of aryl methyl sites for hydroxylation is 2. The highest BCUT2D eigenvalue weighted by atomic mass is 16.2. The van der Waals surface area contributed by atoms with E-state index in [1.807, 2.05) is 4.98 Å². The van der Waals surface area contributed by atoms with Crippen LogP contribution in [0.4, 0.5) is 0 Å². The van der Waals surface area contributed by atoms with Gasteiger partial charge in [0.05, 0.1) is 16.7 Å². The summed E-state index contributed by atoms with van der Waals surface area (Å²) in [5.41, 5.74) is -0.585. The fraction of sp³-hybridized carbons (Fsp3) is 0.154. The molecule has 0 bridgehead atoms. The van der Waals surface area contributed by atoms with Crippen molar-refractivity contribution in [3.8, 4) is 11.8 Å². The van der Waals surface area contributed by atoms with Crippen LogP contribution in [0.5, 0.6) is 0 Å². The van der Waals surface area contributed by atoms with E-state index in [1.165, 1.54) is 9.13 Å². The number of nitrogens with one attached hydrogen (secondary N) is 1. The summed E-state index contributed by atoms with van der Waals surface area (Å²) in [7, 11) is 3.25. The SMILES string of the molecule is Cn1c(=O)n(C)c2cc(-n3nc(C#N)c(=O)[nH]c3=O)ccc21. The quantitative estimate of drug-likeness (QED) is 0.617. The molecule has 2 heterocycles. The van der Waals surface area contributed by atoms with Gasteiger partial charge in [0.1, 0.15) is 6.07 Å². The van der Waals surface area contributed by atoms with E-state index in [-0.39, 0.29) is 5.69 Å². The molecule has 1 N–H and O–H groups in total. The van der Waals surface area contributed by atoms with Gasteiger partial charge in [0.2, 0.25) is 5.69 Å². The molecule has 110 valence electrons. The third-order valence-electron chi connectivity index (χ3n) is 3.43. The van der Waals surface area contributed by atoms with E-state index in [0.29, 0.717) is 16.7 Å². The molecule has 0 amide bonds. The maximum atomic E-state index is 11.9. The summed E-state index contributed by atoms with van der Waals surface area (Å²) in [4.78, 5) is 37.2. The summed E-state index contributed by atoms with van der Waals surface area (Å²) in [6.45, 7) is 0. The lowest BCUT2D eigenvalue weighted by molar-refractivity contribution is 0.740. The molecular formula is C13H10N6O3. The van der Waals surface area contributed by atoms with E-state index in [1.54, 1.807) is 38.4 Å². The van der Waals surface area contributed by atoms with Crippen LogP contribution in [0, 0.1) is 11.3 Å². The molecule has 0 saturated carbocycles. The van der Waals surface area contributed by atoms with Gasteiger partial charge in [-0.25, -0.2) is 9.59 Å². The average Bonchev–Trinajstić information content (AvgIpc) is 2.72. The highest BCUT2D eigenvalue weighted by molar-refractivity contribution is 5.78. The summed E-state index contributed by atoms with van der Waals surface area (Å²) in [6, 6.07) is 6.45. The zero-order valence-electron chi connectivity index (χ0n) is 11.7. The minimum Gasteiger partial charge on any atom is -0.295 e. The van der Waals surface area contributed by atoms with Crippen LogP contribution in [0.3, 0.4) is 0 Å². The molecule has 3 aromatic rings. The van der Waals surface area contributed by atoms with Crippen LogP contribution in [0.25, 0.3) is 16.7 Å². The number of benzene rings is 1. The first-order valence-corrected chi connectivity index (χ1v) is 6.23. The molecule has 9 nitrogen and oxygen atoms in total. The maximum absolute atomic E-state index is 11.9. The molecule has 0 aliphatic rings. The van der Waals surface area contributed by atoms with Gasteiger partial charge in [-0.2, -0.15) is 9.94 Å². The van der Waals surface area contributed by atoms with E-state index < -0.39 is 16.9 Å². The molecule has 0 aliphatic heterocycles. The zero-order chi connectivity index (χ0) is 16.0. The second kappa shape index (κ2) is 4.56. The molecule has 9 heteroatoms. The van der Waals surface area contributed by atoms with E-state index in [9.17, 15) is 14.4 Å². The Labute approximate surface area is 122 Å². The van der Waals surface area contributed by atoms with Crippen LogP contribution < -0.4 is 16.9 Å². The monoisotopic (exact) mass is 298 g/mol. The van der Waals surface area contributed by atoms with Crippen LogP contribution >= 0.6 is 0 Å². The second-order valence-corrected chi connectivity index (χ2v) is 4.71. The van der Waals surface area contributed by atoms with Crippen molar-refractivity contribution in [3.63, 3.8) is 0 Å². The van der Waals surface area contributed by atoms with Crippen LogP contribution in [0.1, 0.15) is 5.69 Å². The lowest BCUT2D eigenvalue weighted by Crippen LogP contribution is -2.33. The summed E-state index contributed by atoms with van der Waals surface area (Å²) >= 11 is 0. The van der Waals surface area contributed by atoms with Crippen molar-refractivity contribution in [1.29, 1.82) is 5.26 Å². The number of imidazole rings is 1. The summed E-state index contributed by atoms with van der Waals surface area (Å²) in [6.07, 6.45) is 0. The van der Waals surface area contributed by atoms with Gasteiger partial charge in [0.25, 0.3) is 5.56 Å². The van der Waals surface area contributed by atoms with E-state index >= 15 is 0 Å². The lowest BCUT2D eigenvalue weighted by Gasteiger charge is -2.04.